The lowest BCUT2D eigenvalue weighted by Gasteiger charge is -2.16. The number of rotatable bonds is 6. The Bertz CT molecular complexity index is 1110. The van der Waals surface area contributed by atoms with Crippen LogP contribution in [-0.2, 0) is 22.8 Å². The summed E-state index contributed by atoms with van der Waals surface area (Å²) in [6.07, 6.45) is -6.34. The summed E-state index contributed by atoms with van der Waals surface area (Å²) in [5.41, 5.74) is 4.45. The van der Waals surface area contributed by atoms with Crippen molar-refractivity contribution >= 4 is 16.0 Å². The number of alkyl halides is 4. The number of aromatic nitrogens is 1. The minimum atomic E-state index is -4.71. The predicted molar refractivity (Wildman–Crippen MR) is 104 cm³/mol. The molecule has 0 unspecified atom stereocenters. The van der Waals surface area contributed by atoms with Gasteiger partial charge in [0.15, 0.2) is 0 Å². The number of ether oxygens (including phenoxy) is 1. The average molecular weight is 477 g/mol. The van der Waals surface area contributed by atoms with Crippen molar-refractivity contribution in [1.82, 2.24) is 9.88 Å². The van der Waals surface area contributed by atoms with E-state index in [9.17, 15) is 30.8 Å². The fourth-order valence-electron chi connectivity index (χ4n) is 3.30. The molecule has 32 heavy (non-hydrogen) atoms. The molecule has 3 rings (SSSR count). The molecule has 0 spiro atoms. The van der Waals surface area contributed by atoms with Crippen LogP contribution < -0.4 is 10.5 Å². The van der Waals surface area contributed by atoms with Crippen molar-refractivity contribution in [2.45, 2.75) is 18.9 Å². The molecule has 1 amide bonds. The molecule has 1 aliphatic rings. The SMILES string of the molecule is NCc1cc(Oc2cccc(C(=O)N3C[C@@H](CS(=O)(=O)O)[C@@H](F)C3)c2)nc(C(F)(F)F)c1. The third kappa shape index (κ3) is 5.93. The fraction of sp³-hybridized carbons (Fsp3) is 0.368. The average Bonchev–Trinajstić information content (AvgIpc) is 3.05. The molecule has 13 heteroatoms. The number of carbonyl (C=O) groups is 1. The van der Waals surface area contributed by atoms with Crippen LogP contribution in [0.1, 0.15) is 21.6 Å². The van der Waals surface area contributed by atoms with Gasteiger partial charge in [0.1, 0.15) is 17.6 Å². The summed E-state index contributed by atoms with van der Waals surface area (Å²) in [6, 6.07) is 7.48. The third-order valence-corrected chi connectivity index (χ3v) is 5.61. The van der Waals surface area contributed by atoms with Crippen molar-refractivity contribution in [1.29, 1.82) is 0 Å². The summed E-state index contributed by atoms with van der Waals surface area (Å²) in [6.45, 7) is -0.760. The molecule has 1 aromatic carbocycles. The van der Waals surface area contributed by atoms with Crippen molar-refractivity contribution < 1.29 is 40.1 Å². The molecule has 2 heterocycles. The minimum Gasteiger partial charge on any atom is -0.439 e. The minimum absolute atomic E-state index is 0.0103. The number of hydrogen-bond donors (Lipinski definition) is 2. The van der Waals surface area contributed by atoms with Gasteiger partial charge in [0.05, 0.1) is 12.3 Å². The Morgan fingerprint density at radius 2 is 1.97 bits per heavy atom. The molecule has 1 aliphatic heterocycles. The van der Waals surface area contributed by atoms with Crippen LogP contribution in [0.3, 0.4) is 0 Å². The van der Waals surface area contributed by atoms with Crippen LogP contribution in [0.5, 0.6) is 11.6 Å². The maximum atomic E-state index is 14.1. The van der Waals surface area contributed by atoms with Gasteiger partial charge >= 0.3 is 6.18 Å². The van der Waals surface area contributed by atoms with Crippen LogP contribution in [-0.4, -0.2) is 53.8 Å². The van der Waals surface area contributed by atoms with Crippen LogP contribution in [0.15, 0.2) is 36.4 Å². The Kier molecular flexibility index (Phi) is 6.72. The standard InChI is InChI=1S/C19H19F4N3O5S/c20-15-9-26(8-13(15)10-32(28,29)30)18(27)12-2-1-3-14(6-12)31-17-5-11(7-24)4-16(25-17)19(21,22)23/h1-6,13,15H,7-10,24H2,(H,28,29,30)/t13-,15-/m0/s1. The van der Waals surface area contributed by atoms with Gasteiger partial charge in [0.25, 0.3) is 16.0 Å². The first-order valence-electron chi connectivity index (χ1n) is 9.30. The summed E-state index contributed by atoms with van der Waals surface area (Å²) < 4.78 is 89.6. The summed E-state index contributed by atoms with van der Waals surface area (Å²) in [5.74, 6) is -2.88. The fourth-order valence-corrected chi connectivity index (χ4v) is 4.15. The molecule has 0 saturated carbocycles. The second-order valence-electron chi connectivity index (χ2n) is 7.27. The number of pyridine rings is 1. The molecule has 2 atom stereocenters. The zero-order valence-electron chi connectivity index (χ0n) is 16.4. The van der Waals surface area contributed by atoms with E-state index in [2.05, 4.69) is 4.98 Å². The summed E-state index contributed by atoms with van der Waals surface area (Å²) >= 11 is 0. The van der Waals surface area contributed by atoms with E-state index in [1.54, 1.807) is 0 Å². The molecular weight excluding hydrogens is 458 g/mol. The van der Waals surface area contributed by atoms with Gasteiger partial charge in [-0.25, -0.2) is 9.37 Å². The van der Waals surface area contributed by atoms with Gasteiger partial charge in [-0.15, -0.1) is 0 Å². The summed E-state index contributed by atoms with van der Waals surface area (Å²) in [7, 11) is -4.41. The normalized spacial score (nSPS) is 19.2. The molecule has 0 aliphatic carbocycles. The van der Waals surface area contributed by atoms with Crippen LogP contribution >= 0.6 is 0 Å². The first-order chi connectivity index (χ1) is 14.9. The number of carbonyl (C=O) groups excluding carboxylic acids is 1. The van der Waals surface area contributed by atoms with Crippen molar-refractivity contribution in [2.24, 2.45) is 11.7 Å². The first kappa shape index (κ1) is 23.9. The Balaban J connectivity index is 1.78. The van der Waals surface area contributed by atoms with Crippen LogP contribution in [0.4, 0.5) is 17.6 Å². The maximum absolute atomic E-state index is 14.1. The zero-order valence-corrected chi connectivity index (χ0v) is 17.2. The topological polar surface area (TPSA) is 123 Å². The number of amides is 1. The number of nitrogens with zero attached hydrogens (tertiary/aromatic N) is 2. The number of halogens is 4. The summed E-state index contributed by atoms with van der Waals surface area (Å²) in [4.78, 5) is 17.2. The molecule has 3 N–H and O–H groups in total. The Morgan fingerprint density at radius 1 is 1.25 bits per heavy atom. The third-order valence-electron chi connectivity index (χ3n) is 4.76. The number of hydrogen-bond acceptors (Lipinski definition) is 6. The molecule has 1 saturated heterocycles. The van der Waals surface area contributed by atoms with Gasteiger partial charge in [-0.1, -0.05) is 6.07 Å². The lowest BCUT2D eigenvalue weighted by molar-refractivity contribution is -0.141. The van der Waals surface area contributed by atoms with E-state index in [0.29, 0.717) is 0 Å². The largest absolute Gasteiger partial charge is 0.439 e. The van der Waals surface area contributed by atoms with Gasteiger partial charge in [0, 0.05) is 30.6 Å². The molecule has 2 aromatic rings. The quantitative estimate of drug-likeness (QED) is 0.484. The van der Waals surface area contributed by atoms with Crippen molar-refractivity contribution in [2.75, 3.05) is 18.8 Å². The van der Waals surface area contributed by atoms with E-state index in [-0.39, 0.29) is 42.4 Å². The van der Waals surface area contributed by atoms with Crippen molar-refractivity contribution in [3.8, 4) is 11.6 Å². The van der Waals surface area contributed by atoms with Crippen molar-refractivity contribution in [3.05, 3.63) is 53.2 Å². The number of likely N-dealkylation sites (tertiary alicyclic amines) is 1. The Hall–Kier alpha value is -2.77. The van der Waals surface area contributed by atoms with Crippen LogP contribution in [0, 0.1) is 5.92 Å². The lowest BCUT2D eigenvalue weighted by Crippen LogP contribution is -2.29. The number of benzene rings is 1. The zero-order chi connectivity index (χ0) is 23.7. The van der Waals surface area contributed by atoms with E-state index in [1.165, 1.54) is 30.3 Å². The van der Waals surface area contributed by atoms with Crippen LogP contribution in [0.25, 0.3) is 0 Å². The molecule has 1 fully saturated rings. The maximum Gasteiger partial charge on any atom is 0.433 e. The molecule has 174 valence electrons. The molecule has 8 nitrogen and oxygen atoms in total. The Morgan fingerprint density at radius 3 is 2.59 bits per heavy atom. The van der Waals surface area contributed by atoms with Gasteiger partial charge in [-0.3, -0.25) is 9.35 Å². The van der Waals surface area contributed by atoms with Crippen LogP contribution in [0.2, 0.25) is 0 Å². The Labute approximate surface area is 180 Å². The highest BCUT2D eigenvalue weighted by Crippen LogP contribution is 2.32. The molecular formula is C19H19F4N3O5S. The van der Waals surface area contributed by atoms with Crippen molar-refractivity contribution in [3.63, 3.8) is 0 Å². The molecule has 1 aromatic heterocycles. The van der Waals surface area contributed by atoms with E-state index >= 15 is 0 Å². The second kappa shape index (κ2) is 9.00. The van der Waals surface area contributed by atoms with E-state index in [0.717, 1.165) is 11.0 Å². The lowest BCUT2D eigenvalue weighted by atomic mass is 10.1. The van der Waals surface area contributed by atoms with Gasteiger partial charge < -0.3 is 15.4 Å². The molecule has 0 radical (unpaired) electrons. The first-order valence-corrected chi connectivity index (χ1v) is 10.9. The highest BCUT2D eigenvalue weighted by Gasteiger charge is 2.38. The van der Waals surface area contributed by atoms with Gasteiger partial charge in [0.2, 0.25) is 5.88 Å². The monoisotopic (exact) mass is 477 g/mol. The summed E-state index contributed by atoms with van der Waals surface area (Å²) in [5, 5.41) is 0. The highest BCUT2D eigenvalue weighted by molar-refractivity contribution is 7.85. The second-order valence-corrected chi connectivity index (χ2v) is 8.76. The predicted octanol–water partition coefficient (Wildman–Crippen LogP) is 2.65. The van der Waals surface area contributed by atoms with Gasteiger partial charge in [-0.05, 0) is 29.8 Å². The highest BCUT2D eigenvalue weighted by atomic mass is 32.2. The number of nitrogens with two attached hydrogens (primary N) is 1. The van der Waals surface area contributed by atoms with E-state index in [1.807, 2.05) is 0 Å². The molecule has 0 bridgehead atoms. The van der Waals surface area contributed by atoms with E-state index < -0.39 is 45.7 Å². The van der Waals surface area contributed by atoms with Gasteiger partial charge in [-0.2, -0.15) is 21.6 Å². The smallest absolute Gasteiger partial charge is 0.433 e. The van der Waals surface area contributed by atoms with E-state index in [4.69, 9.17) is 15.0 Å².